The van der Waals surface area contributed by atoms with Gasteiger partial charge in [-0.25, -0.2) is 14.4 Å². The van der Waals surface area contributed by atoms with Crippen LogP contribution in [0, 0.1) is 5.92 Å². The second kappa shape index (κ2) is 7.60. The molecule has 154 valence electrons. The second-order valence-corrected chi connectivity index (χ2v) is 8.24. The van der Waals surface area contributed by atoms with E-state index >= 15 is 0 Å². The second-order valence-electron chi connectivity index (χ2n) is 8.24. The fourth-order valence-corrected chi connectivity index (χ4v) is 4.54. The molecular weight excluding hydrogens is 383 g/mol. The van der Waals surface area contributed by atoms with Crippen molar-refractivity contribution in [2.75, 3.05) is 0 Å². The van der Waals surface area contributed by atoms with E-state index in [4.69, 9.17) is 0 Å². The van der Waals surface area contributed by atoms with Gasteiger partial charge in [-0.2, -0.15) is 0 Å². The van der Waals surface area contributed by atoms with Gasteiger partial charge in [0.15, 0.2) is 5.82 Å². The highest BCUT2D eigenvalue weighted by Gasteiger charge is 2.38. The molecule has 0 radical (unpaired) electrons. The molecule has 8 heteroatoms. The number of benzene rings is 1. The lowest BCUT2D eigenvalue weighted by molar-refractivity contribution is 0.147. The number of aromatic hydroxyl groups is 1. The monoisotopic (exact) mass is 406 g/mol. The van der Waals surface area contributed by atoms with Crippen LogP contribution in [0.2, 0.25) is 0 Å². The van der Waals surface area contributed by atoms with Crippen molar-refractivity contribution in [2.24, 2.45) is 5.92 Å². The van der Waals surface area contributed by atoms with Gasteiger partial charge < -0.3 is 15.0 Å². The van der Waals surface area contributed by atoms with Crippen LogP contribution < -0.4 is 5.32 Å². The van der Waals surface area contributed by atoms with Crippen molar-refractivity contribution in [2.45, 2.75) is 44.4 Å². The third-order valence-corrected chi connectivity index (χ3v) is 5.94. The molecule has 2 fully saturated rings. The molecule has 2 bridgehead atoms. The van der Waals surface area contributed by atoms with E-state index in [0.717, 1.165) is 24.1 Å². The van der Waals surface area contributed by atoms with Crippen LogP contribution in [0.15, 0.2) is 48.7 Å². The highest BCUT2D eigenvalue weighted by molar-refractivity contribution is 5.68. The number of nitrogens with one attached hydrogen (secondary N) is 1. The van der Waals surface area contributed by atoms with E-state index in [1.165, 1.54) is 0 Å². The molecule has 2 aromatic heterocycles. The Morgan fingerprint density at radius 3 is 2.90 bits per heavy atom. The van der Waals surface area contributed by atoms with Crippen LogP contribution >= 0.6 is 0 Å². The van der Waals surface area contributed by atoms with E-state index in [1.807, 2.05) is 6.07 Å². The first-order valence-corrected chi connectivity index (χ1v) is 10.2. The Labute approximate surface area is 173 Å². The van der Waals surface area contributed by atoms with Crippen LogP contribution in [0.5, 0.6) is 5.75 Å². The highest BCUT2D eigenvalue weighted by atomic mass is 19.1. The van der Waals surface area contributed by atoms with E-state index < -0.39 is 6.17 Å². The van der Waals surface area contributed by atoms with Gasteiger partial charge in [-0.05, 0) is 49.0 Å². The Morgan fingerprint density at radius 2 is 2.17 bits per heavy atom. The van der Waals surface area contributed by atoms with Gasteiger partial charge in [0.2, 0.25) is 0 Å². The molecule has 5 rings (SSSR count). The Hall–Kier alpha value is -3.13. The number of halogens is 1. The minimum atomic E-state index is -1.02. The minimum Gasteiger partial charge on any atom is -0.507 e. The van der Waals surface area contributed by atoms with E-state index in [1.54, 1.807) is 47.7 Å². The van der Waals surface area contributed by atoms with Crippen molar-refractivity contribution < 1.29 is 9.50 Å². The fraction of sp³-hybridized carbons (Fsp3) is 0.364. The van der Waals surface area contributed by atoms with Crippen molar-refractivity contribution in [1.82, 2.24) is 30.0 Å². The Kier molecular flexibility index (Phi) is 4.78. The van der Waals surface area contributed by atoms with Gasteiger partial charge in [0, 0.05) is 36.1 Å². The number of nitrogens with zero attached hydrogens (tertiary/aromatic N) is 5. The summed E-state index contributed by atoms with van der Waals surface area (Å²) >= 11 is 0. The minimum absolute atomic E-state index is 0.0764. The van der Waals surface area contributed by atoms with Gasteiger partial charge in [-0.3, -0.25) is 0 Å². The Bertz CT molecular complexity index is 1060. The summed E-state index contributed by atoms with van der Waals surface area (Å²) in [4.78, 5) is 8.35. The maximum absolute atomic E-state index is 14.9. The van der Waals surface area contributed by atoms with Crippen LogP contribution in [0.1, 0.15) is 32.0 Å². The van der Waals surface area contributed by atoms with E-state index in [9.17, 15) is 9.50 Å². The average Bonchev–Trinajstić information content (AvgIpc) is 3.27. The van der Waals surface area contributed by atoms with Gasteiger partial charge in [-0.15, -0.1) is 10.2 Å². The molecule has 30 heavy (non-hydrogen) atoms. The number of hydrogen-bond donors (Lipinski definition) is 2. The lowest BCUT2D eigenvalue weighted by Gasteiger charge is -2.42. The summed E-state index contributed by atoms with van der Waals surface area (Å²) < 4.78 is 16.7. The topological polar surface area (TPSA) is 88.8 Å². The standard InChI is InChI=1S/C22H23FN6O/c1-13-6-15-8-14(22(23)18(7-13)26-15)9-21-25-11-19(27-28-21)17-3-2-16(10-20(17)30)29-5-4-24-12-29/h2-5,9-13,15,18,22,26,30H,6-8H2,1H3/b14-9-/t13?,15?,18?,22-/m1/s1. The molecule has 2 saturated heterocycles. The molecule has 2 N–H and O–H groups in total. The number of fused-ring (bicyclic) bond motifs is 2. The van der Waals surface area contributed by atoms with Crippen molar-refractivity contribution in [1.29, 1.82) is 0 Å². The third-order valence-electron chi connectivity index (χ3n) is 5.94. The lowest BCUT2D eigenvalue weighted by Crippen LogP contribution is -2.54. The molecule has 7 nitrogen and oxygen atoms in total. The molecule has 2 aliphatic rings. The van der Waals surface area contributed by atoms with Crippen LogP contribution in [0.3, 0.4) is 0 Å². The van der Waals surface area contributed by atoms with Crippen LogP contribution in [0.4, 0.5) is 4.39 Å². The van der Waals surface area contributed by atoms with Gasteiger partial charge in [0.1, 0.15) is 17.6 Å². The molecule has 2 aliphatic heterocycles. The smallest absolute Gasteiger partial charge is 0.174 e. The third kappa shape index (κ3) is 3.59. The summed E-state index contributed by atoms with van der Waals surface area (Å²) in [6, 6.07) is 5.45. The van der Waals surface area contributed by atoms with Crippen LogP contribution in [0.25, 0.3) is 23.0 Å². The zero-order valence-corrected chi connectivity index (χ0v) is 16.6. The first-order valence-electron chi connectivity index (χ1n) is 10.2. The van der Waals surface area contributed by atoms with E-state index in [2.05, 4.69) is 32.4 Å². The van der Waals surface area contributed by atoms with E-state index in [-0.39, 0.29) is 11.8 Å². The summed E-state index contributed by atoms with van der Waals surface area (Å²) in [5.74, 6) is 1.01. The normalized spacial score (nSPS) is 27.3. The first kappa shape index (κ1) is 18.9. The van der Waals surface area contributed by atoms with Gasteiger partial charge in [-0.1, -0.05) is 6.92 Å². The number of phenolic OH excluding ortho intramolecular Hbond substituents is 1. The zero-order chi connectivity index (χ0) is 20.7. The summed E-state index contributed by atoms with van der Waals surface area (Å²) in [6.07, 6.45) is 9.97. The zero-order valence-electron chi connectivity index (χ0n) is 16.6. The summed E-state index contributed by atoms with van der Waals surface area (Å²) in [6.45, 7) is 2.19. The fourth-order valence-electron chi connectivity index (χ4n) is 4.54. The van der Waals surface area contributed by atoms with Crippen molar-refractivity contribution in [3.63, 3.8) is 0 Å². The molecule has 0 spiro atoms. The Morgan fingerprint density at radius 1 is 1.27 bits per heavy atom. The number of piperidine rings is 2. The number of rotatable bonds is 3. The van der Waals surface area contributed by atoms with Crippen LogP contribution in [-0.4, -0.2) is 48.1 Å². The summed E-state index contributed by atoms with van der Waals surface area (Å²) in [7, 11) is 0. The molecule has 0 saturated carbocycles. The molecule has 1 aromatic carbocycles. The number of aromatic nitrogens is 5. The molecule has 0 amide bonds. The largest absolute Gasteiger partial charge is 0.507 e. The SMILES string of the molecule is CC1CC2C/C(=C/c3ncc(-c4ccc(-n5ccnc5)cc4O)nn3)[C@@H](F)C(C1)N2. The molecule has 0 aliphatic carbocycles. The lowest BCUT2D eigenvalue weighted by atomic mass is 9.78. The Balaban J connectivity index is 1.37. The predicted octanol–water partition coefficient (Wildman–Crippen LogP) is 3.31. The van der Waals surface area contributed by atoms with E-state index in [0.29, 0.717) is 35.5 Å². The van der Waals surface area contributed by atoms with Gasteiger partial charge in [0.25, 0.3) is 0 Å². The number of alkyl halides is 1. The molecule has 4 heterocycles. The average molecular weight is 406 g/mol. The number of hydrogen-bond acceptors (Lipinski definition) is 6. The maximum Gasteiger partial charge on any atom is 0.174 e. The summed E-state index contributed by atoms with van der Waals surface area (Å²) in [5.41, 5.74) is 2.51. The van der Waals surface area contributed by atoms with Crippen molar-refractivity contribution >= 4 is 6.08 Å². The maximum atomic E-state index is 14.9. The highest BCUT2D eigenvalue weighted by Crippen LogP contribution is 2.35. The van der Waals surface area contributed by atoms with Crippen LogP contribution in [-0.2, 0) is 0 Å². The summed E-state index contributed by atoms with van der Waals surface area (Å²) in [5, 5.41) is 22.2. The molecule has 3 aromatic rings. The van der Waals surface area contributed by atoms with Crippen molar-refractivity contribution in [3.05, 3.63) is 54.5 Å². The van der Waals surface area contributed by atoms with Crippen molar-refractivity contribution in [3.8, 4) is 22.7 Å². The molecule has 4 atom stereocenters. The predicted molar refractivity (Wildman–Crippen MR) is 111 cm³/mol. The molecule has 3 unspecified atom stereocenters. The first-order chi connectivity index (χ1) is 14.6. The number of imidazole rings is 1. The van der Waals surface area contributed by atoms with Gasteiger partial charge in [0.05, 0.1) is 18.2 Å². The quantitative estimate of drug-likeness (QED) is 0.694. The number of phenols is 1. The molecular formula is C22H23FN6O. The van der Waals surface area contributed by atoms with Gasteiger partial charge >= 0.3 is 0 Å².